The summed E-state index contributed by atoms with van der Waals surface area (Å²) in [5.41, 5.74) is -0.174. The van der Waals surface area contributed by atoms with Gasteiger partial charge < -0.3 is 19.2 Å². The molecule has 1 N–H and O–H groups in total. The van der Waals surface area contributed by atoms with Crippen LogP contribution in [0.25, 0.3) is 10.9 Å². The number of rotatable bonds is 5. The number of benzene rings is 2. The normalized spacial score (nSPS) is 11.0. The van der Waals surface area contributed by atoms with Crippen molar-refractivity contribution >= 4 is 17.1 Å². The highest BCUT2D eigenvalue weighted by Crippen LogP contribution is 2.33. The average molecular weight is 355 g/mol. The van der Waals surface area contributed by atoms with E-state index in [9.17, 15) is 9.59 Å². The van der Waals surface area contributed by atoms with E-state index < -0.39 is 11.2 Å². The van der Waals surface area contributed by atoms with Crippen LogP contribution in [0.1, 0.15) is 5.56 Å². The molecule has 0 aliphatic heterocycles. The van der Waals surface area contributed by atoms with Crippen LogP contribution in [0.15, 0.2) is 51.1 Å². The molecule has 0 fully saturated rings. The van der Waals surface area contributed by atoms with Crippen molar-refractivity contribution in [3.05, 3.63) is 62.8 Å². The van der Waals surface area contributed by atoms with Crippen LogP contribution < -0.4 is 25.5 Å². The van der Waals surface area contributed by atoms with Crippen molar-refractivity contribution in [2.75, 3.05) is 21.3 Å². The van der Waals surface area contributed by atoms with Crippen molar-refractivity contribution in [3.8, 4) is 17.2 Å². The lowest BCUT2D eigenvalue weighted by Crippen LogP contribution is -2.32. The van der Waals surface area contributed by atoms with E-state index in [1.165, 1.54) is 27.5 Å². The number of nitrogens with one attached hydrogen (secondary N) is 1. The zero-order valence-corrected chi connectivity index (χ0v) is 14.5. The van der Waals surface area contributed by atoms with Gasteiger partial charge in [-0.3, -0.25) is 4.79 Å². The Morgan fingerprint density at radius 1 is 0.962 bits per heavy atom. The molecule has 3 aromatic rings. The molecule has 134 valence electrons. The number of hydrogen-bond acceptors (Lipinski definition) is 6. The first-order valence-electron chi connectivity index (χ1n) is 7.67. The summed E-state index contributed by atoms with van der Waals surface area (Å²) in [6, 6.07) is 10.0. The van der Waals surface area contributed by atoms with Gasteiger partial charge >= 0.3 is 5.69 Å². The molecule has 0 aliphatic carbocycles. The van der Waals surface area contributed by atoms with Crippen molar-refractivity contribution in [3.63, 3.8) is 0 Å². The molecule has 1 heterocycles. The minimum absolute atomic E-state index is 0.364. The minimum atomic E-state index is -0.635. The predicted octanol–water partition coefficient (Wildman–Crippen LogP) is 1.60. The fraction of sp³-hybridized carbons (Fsp3) is 0.167. The quantitative estimate of drug-likeness (QED) is 0.702. The molecule has 0 atom stereocenters. The number of nitrogens with zero attached hydrogens (tertiary/aromatic N) is 2. The van der Waals surface area contributed by atoms with E-state index in [1.807, 2.05) is 0 Å². The number of methoxy groups -OCH3 is 3. The van der Waals surface area contributed by atoms with Crippen molar-refractivity contribution in [2.24, 2.45) is 5.10 Å². The summed E-state index contributed by atoms with van der Waals surface area (Å²) < 4.78 is 16.5. The molecule has 26 heavy (non-hydrogen) atoms. The van der Waals surface area contributed by atoms with Gasteiger partial charge in [0.25, 0.3) is 5.56 Å². The second-order valence-electron chi connectivity index (χ2n) is 5.29. The van der Waals surface area contributed by atoms with Crippen molar-refractivity contribution in [1.29, 1.82) is 0 Å². The first kappa shape index (κ1) is 17.3. The number of para-hydroxylation sites is 1. The van der Waals surface area contributed by atoms with Gasteiger partial charge in [0, 0.05) is 11.6 Å². The molecule has 0 saturated carbocycles. The molecule has 0 unspecified atom stereocenters. The van der Waals surface area contributed by atoms with Crippen LogP contribution >= 0.6 is 0 Å². The molecule has 2 aromatic carbocycles. The molecule has 0 amide bonds. The number of aromatic nitrogens is 2. The van der Waals surface area contributed by atoms with E-state index in [-0.39, 0.29) is 0 Å². The number of hydrogen-bond donors (Lipinski definition) is 1. The number of ether oxygens (including phenoxy) is 3. The summed E-state index contributed by atoms with van der Waals surface area (Å²) in [5, 5.41) is 4.39. The third-order valence-electron chi connectivity index (χ3n) is 3.83. The smallest absolute Gasteiger partial charge is 0.349 e. The maximum atomic E-state index is 12.5. The maximum absolute atomic E-state index is 12.5. The SMILES string of the molecule is COc1cc(OC)c(OC)cc1C=Nn1c(=O)[nH]c2ccccc2c1=O. The monoisotopic (exact) mass is 355 g/mol. The van der Waals surface area contributed by atoms with E-state index in [1.54, 1.807) is 36.4 Å². The van der Waals surface area contributed by atoms with Gasteiger partial charge in [0.1, 0.15) is 5.75 Å². The van der Waals surface area contributed by atoms with E-state index in [0.29, 0.717) is 33.7 Å². The summed E-state index contributed by atoms with van der Waals surface area (Å²) in [4.78, 5) is 27.3. The van der Waals surface area contributed by atoms with Crippen LogP contribution in [-0.4, -0.2) is 37.2 Å². The van der Waals surface area contributed by atoms with Gasteiger partial charge in [-0.2, -0.15) is 5.10 Å². The van der Waals surface area contributed by atoms with Crippen LogP contribution in [0.4, 0.5) is 0 Å². The Balaban J connectivity index is 2.12. The number of aromatic amines is 1. The molecule has 0 bridgehead atoms. The summed E-state index contributed by atoms with van der Waals surface area (Å²) in [6.45, 7) is 0. The van der Waals surface area contributed by atoms with Crippen LogP contribution in [0, 0.1) is 0 Å². The van der Waals surface area contributed by atoms with E-state index >= 15 is 0 Å². The Labute approximate surface area is 148 Å². The van der Waals surface area contributed by atoms with Crippen LogP contribution in [0.5, 0.6) is 17.2 Å². The summed E-state index contributed by atoms with van der Waals surface area (Å²) >= 11 is 0. The Kier molecular flexibility index (Phi) is 4.74. The minimum Gasteiger partial charge on any atom is -0.496 e. The Hall–Kier alpha value is -3.55. The topological polar surface area (TPSA) is 94.9 Å². The molecule has 0 radical (unpaired) electrons. The van der Waals surface area contributed by atoms with E-state index in [2.05, 4.69) is 10.1 Å². The van der Waals surface area contributed by atoms with Gasteiger partial charge in [-0.25, -0.2) is 4.79 Å². The number of fused-ring (bicyclic) bond motifs is 1. The standard InChI is InChI=1S/C18H17N3O5/c1-24-14-9-16(26-3)15(25-2)8-11(14)10-19-21-17(22)12-6-4-5-7-13(12)20-18(21)23/h4-10H,1-3H3,(H,20,23). The molecular formula is C18H17N3O5. The molecule has 3 rings (SSSR count). The zero-order valence-electron chi connectivity index (χ0n) is 14.5. The largest absolute Gasteiger partial charge is 0.496 e. The van der Waals surface area contributed by atoms with Gasteiger partial charge in [-0.05, 0) is 18.2 Å². The van der Waals surface area contributed by atoms with Crippen molar-refractivity contribution in [2.45, 2.75) is 0 Å². The molecule has 0 aliphatic rings. The molecule has 1 aromatic heterocycles. The highest BCUT2D eigenvalue weighted by molar-refractivity contribution is 5.85. The lowest BCUT2D eigenvalue weighted by Gasteiger charge is -2.11. The van der Waals surface area contributed by atoms with Crippen LogP contribution in [0.2, 0.25) is 0 Å². The fourth-order valence-corrected chi connectivity index (χ4v) is 2.53. The molecule has 8 heteroatoms. The van der Waals surface area contributed by atoms with E-state index in [0.717, 1.165) is 4.68 Å². The zero-order chi connectivity index (χ0) is 18.7. The number of H-pyrrole nitrogens is 1. The lowest BCUT2D eigenvalue weighted by molar-refractivity contribution is 0.349. The van der Waals surface area contributed by atoms with E-state index in [4.69, 9.17) is 14.2 Å². The van der Waals surface area contributed by atoms with Gasteiger partial charge in [-0.1, -0.05) is 12.1 Å². The second-order valence-corrected chi connectivity index (χ2v) is 5.29. The summed E-state index contributed by atoms with van der Waals surface area (Å²) in [5.74, 6) is 1.41. The van der Waals surface area contributed by atoms with Crippen molar-refractivity contribution in [1.82, 2.24) is 9.66 Å². The molecule has 0 saturated heterocycles. The highest BCUT2D eigenvalue weighted by Gasteiger charge is 2.11. The fourth-order valence-electron chi connectivity index (χ4n) is 2.53. The Morgan fingerprint density at radius 3 is 2.31 bits per heavy atom. The highest BCUT2D eigenvalue weighted by atomic mass is 16.5. The van der Waals surface area contributed by atoms with Crippen LogP contribution in [0.3, 0.4) is 0 Å². The molecule has 8 nitrogen and oxygen atoms in total. The van der Waals surface area contributed by atoms with Crippen molar-refractivity contribution < 1.29 is 14.2 Å². The van der Waals surface area contributed by atoms with Gasteiger partial charge in [0.2, 0.25) is 0 Å². The summed E-state index contributed by atoms with van der Waals surface area (Å²) in [6.07, 6.45) is 1.35. The molecule has 0 spiro atoms. The first-order valence-corrected chi connectivity index (χ1v) is 7.67. The van der Waals surface area contributed by atoms with Crippen LogP contribution in [-0.2, 0) is 0 Å². The first-order chi connectivity index (χ1) is 12.6. The maximum Gasteiger partial charge on any atom is 0.349 e. The van der Waals surface area contributed by atoms with Gasteiger partial charge in [-0.15, -0.1) is 4.68 Å². The average Bonchev–Trinajstić information content (AvgIpc) is 2.67. The lowest BCUT2D eigenvalue weighted by atomic mass is 10.2. The third-order valence-corrected chi connectivity index (χ3v) is 3.83. The second kappa shape index (κ2) is 7.14. The Morgan fingerprint density at radius 2 is 1.62 bits per heavy atom. The van der Waals surface area contributed by atoms with Gasteiger partial charge in [0.05, 0.1) is 38.4 Å². The third kappa shape index (κ3) is 3.04. The molecular weight excluding hydrogens is 338 g/mol. The summed E-state index contributed by atoms with van der Waals surface area (Å²) in [7, 11) is 4.51. The Bertz CT molecular complexity index is 1100. The predicted molar refractivity (Wildman–Crippen MR) is 97.9 cm³/mol. The van der Waals surface area contributed by atoms with Gasteiger partial charge in [0.15, 0.2) is 11.5 Å².